The summed E-state index contributed by atoms with van der Waals surface area (Å²) in [5.74, 6) is 0. The molecule has 0 unspecified atom stereocenters. The van der Waals surface area contributed by atoms with Gasteiger partial charge in [0, 0.05) is 43.1 Å². The van der Waals surface area contributed by atoms with Gasteiger partial charge in [-0.05, 0) is 80.9 Å². The molecular formula is C32H26N2. The molecule has 0 aliphatic heterocycles. The van der Waals surface area contributed by atoms with E-state index in [-0.39, 0.29) is 0 Å². The third kappa shape index (κ3) is 2.69. The molecule has 7 rings (SSSR count). The van der Waals surface area contributed by atoms with Crippen LogP contribution in [0.4, 0.5) is 5.69 Å². The Morgan fingerprint density at radius 1 is 0.647 bits per heavy atom. The predicted octanol–water partition coefficient (Wildman–Crippen LogP) is 7.79. The standard InChI is InChI=1S/C32H26N2/c1-33(2)24-12-14-27-30-17-22(11-15-31(30)34(3)32(27)19-24)21-8-9-23-18-29-25-7-5-4-6-20(25)10-13-26(29)28(23)16-21/h4-17,19H,18H2,1-3H3. The zero-order valence-electron chi connectivity index (χ0n) is 19.8. The third-order valence-corrected chi connectivity index (χ3v) is 7.65. The molecule has 0 saturated carbocycles. The number of rotatable bonds is 2. The fraction of sp³-hybridized carbons (Fsp3) is 0.125. The van der Waals surface area contributed by atoms with E-state index in [0.717, 1.165) is 6.42 Å². The first-order valence-electron chi connectivity index (χ1n) is 11.9. The molecule has 1 aliphatic carbocycles. The average molecular weight is 439 g/mol. The van der Waals surface area contributed by atoms with Gasteiger partial charge >= 0.3 is 0 Å². The topological polar surface area (TPSA) is 8.17 Å². The molecule has 0 amide bonds. The summed E-state index contributed by atoms with van der Waals surface area (Å²) in [4.78, 5) is 2.16. The maximum absolute atomic E-state index is 2.40. The Morgan fingerprint density at radius 2 is 1.47 bits per heavy atom. The summed E-state index contributed by atoms with van der Waals surface area (Å²) in [7, 11) is 6.36. The second-order valence-electron chi connectivity index (χ2n) is 9.75. The van der Waals surface area contributed by atoms with Crippen molar-refractivity contribution in [2.45, 2.75) is 6.42 Å². The van der Waals surface area contributed by atoms with Crippen LogP contribution in [0.3, 0.4) is 0 Å². The molecule has 5 aromatic carbocycles. The lowest BCUT2D eigenvalue weighted by Crippen LogP contribution is -2.08. The van der Waals surface area contributed by atoms with Gasteiger partial charge in [-0.15, -0.1) is 0 Å². The molecule has 6 aromatic rings. The second kappa shape index (κ2) is 6.98. The van der Waals surface area contributed by atoms with Gasteiger partial charge in [-0.2, -0.15) is 0 Å². The molecule has 1 aromatic heterocycles. The van der Waals surface area contributed by atoms with E-state index in [4.69, 9.17) is 0 Å². The van der Waals surface area contributed by atoms with Crippen LogP contribution in [0.5, 0.6) is 0 Å². The fourth-order valence-electron chi connectivity index (χ4n) is 5.79. The zero-order valence-corrected chi connectivity index (χ0v) is 19.8. The highest BCUT2D eigenvalue weighted by molar-refractivity contribution is 6.10. The van der Waals surface area contributed by atoms with Gasteiger partial charge in [0.15, 0.2) is 0 Å². The van der Waals surface area contributed by atoms with Crippen LogP contribution in [0.1, 0.15) is 11.1 Å². The molecule has 0 spiro atoms. The average Bonchev–Trinajstić information content (AvgIpc) is 3.38. The predicted molar refractivity (Wildman–Crippen MR) is 146 cm³/mol. The Labute approximate surface area is 199 Å². The fourth-order valence-corrected chi connectivity index (χ4v) is 5.79. The Bertz CT molecular complexity index is 1770. The zero-order chi connectivity index (χ0) is 23.0. The summed E-state index contributed by atoms with van der Waals surface area (Å²) < 4.78 is 2.31. The molecular weight excluding hydrogens is 412 g/mol. The van der Waals surface area contributed by atoms with E-state index in [1.54, 1.807) is 0 Å². The molecule has 164 valence electrons. The SMILES string of the molecule is CN(C)c1ccc2c3cc(-c4ccc5c(c4)-c4ccc6ccccc6c4C5)ccc3n(C)c2c1. The van der Waals surface area contributed by atoms with Crippen LogP contribution in [-0.2, 0) is 13.5 Å². The summed E-state index contributed by atoms with van der Waals surface area (Å²) in [5, 5.41) is 5.33. The van der Waals surface area contributed by atoms with Crippen LogP contribution in [0.15, 0.2) is 91.0 Å². The highest BCUT2D eigenvalue weighted by Gasteiger charge is 2.21. The molecule has 0 radical (unpaired) electrons. The van der Waals surface area contributed by atoms with Gasteiger partial charge in [0.2, 0.25) is 0 Å². The van der Waals surface area contributed by atoms with Crippen LogP contribution in [-0.4, -0.2) is 18.7 Å². The van der Waals surface area contributed by atoms with Crippen molar-refractivity contribution in [1.29, 1.82) is 0 Å². The smallest absolute Gasteiger partial charge is 0.0509 e. The molecule has 2 nitrogen and oxygen atoms in total. The molecule has 0 N–H and O–H groups in total. The van der Waals surface area contributed by atoms with Gasteiger partial charge < -0.3 is 9.47 Å². The lowest BCUT2D eigenvalue weighted by molar-refractivity contribution is 1.01. The molecule has 0 bridgehead atoms. The Balaban J connectivity index is 1.38. The van der Waals surface area contributed by atoms with Crippen LogP contribution < -0.4 is 4.90 Å². The summed E-state index contributed by atoms with van der Waals surface area (Å²) in [5.41, 5.74) is 12.0. The van der Waals surface area contributed by atoms with Crippen molar-refractivity contribution in [3.05, 3.63) is 102 Å². The Kier molecular flexibility index (Phi) is 3.99. The molecule has 0 fully saturated rings. The van der Waals surface area contributed by atoms with Gasteiger partial charge in [-0.1, -0.05) is 60.7 Å². The van der Waals surface area contributed by atoms with E-state index in [0.29, 0.717) is 0 Å². The normalized spacial score (nSPS) is 12.4. The summed E-state index contributed by atoms with van der Waals surface area (Å²) >= 11 is 0. The first-order chi connectivity index (χ1) is 16.6. The molecule has 0 atom stereocenters. The van der Waals surface area contributed by atoms with Gasteiger partial charge in [0.05, 0.1) is 5.52 Å². The van der Waals surface area contributed by atoms with Crippen LogP contribution in [0, 0.1) is 0 Å². The minimum atomic E-state index is 1.02. The van der Waals surface area contributed by atoms with Gasteiger partial charge in [0.1, 0.15) is 0 Å². The highest BCUT2D eigenvalue weighted by Crippen LogP contribution is 2.42. The number of benzene rings is 5. The minimum absolute atomic E-state index is 1.02. The van der Waals surface area contributed by atoms with E-state index in [1.165, 1.54) is 71.6 Å². The molecule has 34 heavy (non-hydrogen) atoms. The number of anilines is 1. The van der Waals surface area contributed by atoms with Crippen LogP contribution >= 0.6 is 0 Å². The first kappa shape index (κ1) is 19.4. The monoisotopic (exact) mass is 438 g/mol. The molecule has 1 aliphatic rings. The number of hydrogen-bond donors (Lipinski definition) is 0. The lowest BCUT2D eigenvalue weighted by Gasteiger charge is -2.12. The van der Waals surface area contributed by atoms with Crippen LogP contribution in [0.25, 0.3) is 54.8 Å². The molecule has 1 heterocycles. The van der Waals surface area contributed by atoms with Gasteiger partial charge in [-0.3, -0.25) is 0 Å². The maximum atomic E-state index is 2.40. The van der Waals surface area contributed by atoms with Gasteiger partial charge in [0.25, 0.3) is 0 Å². The second-order valence-corrected chi connectivity index (χ2v) is 9.75. The van der Waals surface area contributed by atoms with Crippen molar-refractivity contribution < 1.29 is 0 Å². The number of hydrogen-bond acceptors (Lipinski definition) is 1. The summed E-state index contributed by atoms with van der Waals surface area (Å²) in [6, 6.07) is 34.0. The lowest BCUT2D eigenvalue weighted by atomic mass is 9.96. The summed E-state index contributed by atoms with van der Waals surface area (Å²) in [6.45, 7) is 0. The first-order valence-corrected chi connectivity index (χ1v) is 11.9. The van der Waals surface area contributed by atoms with E-state index < -0.39 is 0 Å². The molecule has 2 heteroatoms. The van der Waals surface area contributed by atoms with Crippen molar-refractivity contribution >= 4 is 38.3 Å². The van der Waals surface area contributed by atoms with Crippen molar-refractivity contribution in [2.75, 3.05) is 19.0 Å². The number of nitrogens with zero attached hydrogens (tertiary/aromatic N) is 2. The Morgan fingerprint density at radius 3 is 2.35 bits per heavy atom. The van der Waals surface area contributed by atoms with Crippen molar-refractivity contribution in [2.24, 2.45) is 7.05 Å². The van der Waals surface area contributed by atoms with Crippen LogP contribution in [0.2, 0.25) is 0 Å². The number of aromatic nitrogens is 1. The van der Waals surface area contributed by atoms with E-state index in [2.05, 4.69) is 122 Å². The van der Waals surface area contributed by atoms with Crippen molar-refractivity contribution in [1.82, 2.24) is 4.57 Å². The maximum Gasteiger partial charge on any atom is 0.0509 e. The van der Waals surface area contributed by atoms with E-state index in [9.17, 15) is 0 Å². The van der Waals surface area contributed by atoms with Crippen molar-refractivity contribution in [3.8, 4) is 22.3 Å². The van der Waals surface area contributed by atoms with E-state index >= 15 is 0 Å². The highest BCUT2D eigenvalue weighted by atomic mass is 15.1. The third-order valence-electron chi connectivity index (χ3n) is 7.65. The number of aryl methyl sites for hydroxylation is 1. The van der Waals surface area contributed by atoms with Gasteiger partial charge in [-0.25, -0.2) is 0 Å². The molecule has 0 saturated heterocycles. The Hall–Kier alpha value is -4.04. The number of fused-ring (bicyclic) bond motifs is 8. The quantitative estimate of drug-likeness (QED) is 0.267. The van der Waals surface area contributed by atoms with Crippen molar-refractivity contribution in [3.63, 3.8) is 0 Å². The van der Waals surface area contributed by atoms with E-state index in [1.807, 2.05) is 0 Å². The summed E-state index contributed by atoms with van der Waals surface area (Å²) in [6.07, 6.45) is 1.02. The minimum Gasteiger partial charge on any atom is -0.378 e. The largest absolute Gasteiger partial charge is 0.378 e.